The van der Waals surface area contributed by atoms with Gasteiger partial charge in [-0.25, -0.2) is 9.78 Å². The Morgan fingerprint density at radius 1 is 1.32 bits per heavy atom. The zero-order valence-corrected chi connectivity index (χ0v) is 18.8. The fourth-order valence-electron chi connectivity index (χ4n) is 4.57. The number of aromatic nitrogens is 2. The summed E-state index contributed by atoms with van der Waals surface area (Å²) in [5.74, 6) is 0. The van der Waals surface area contributed by atoms with Crippen LogP contribution in [-0.2, 0) is 9.47 Å². The van der Waals surface area contributed by atoms with E-state index in [4.69, 9.17) is 13.9 Å². The highest BCUT2D eigenvalue weighted by molar-refractivity contribution is 7.13. The summed E-state index contributed by atoms with van der Waals surface area (Å²) in [7, 11) is 1.38. The molecule has 3 atom stereocenters. The number of fused-ring (bicyclic) bond motifs is 3. The van der Waals surface area contributed by atoms with Crippen LogP contribution in [0.15, 0.2) is 28.1 Å². The van der Waals surface area contributed by atoms with Gasteiger partial charge in [0.05, 0.1) is 30.9 Å². The van der Waals surface area contributed by atoms with E-state index in [1.807, 2.05) is 0 Å². The highest BCUT2D eigenvalue weighted by Gasteiger charge is 2.49. The number of alkyl halides is 3. The molecule has 3 aromatic rings. The Labute approximate surface area is 195 Å². The standard InChI is InChI=1S/C21H21F3N4O5S/c1-31-5-6-32-17(21(22,23)24)13-2-3-14(18-25-4-7-34-18)16-15(13)26-19(33-16)27-9-11-8-12(10-27)28(11)20(29)30/h2-4,7,11-12,17H,5-6,8-10H2,1H3,(H,29,30). The molecule has 3 saturated heterocycles. The number of methoxy groups -OCH3 is 1. The van der Waals surface area contributed by atoms with Crippen molar-refractivity contribution < 1.29 is 37.0 Å². The number of hydrogen-bond donors (Lipinski definition) is 1. The van der Waals surface area contributed by atoms with E-state index in [2.05, 4.69) is 9.97 Å². The molecule has 0 spiro atoms. The molecule has 13 heteroatoms. The molecule has 2 bridgehead atoms. The molecule has 3 aliphatic rings. The molecule has 6 rings (SSSR count). The van der Waals surface area contributed by atoms with Gasteiger partial charge in [-0.1, -0.05) is 6.07 Å². The van der Waals surface area contributed by atoms with Gasteiger partial charge in [0.1, 0.15) is 10.5 Å². The number of amides is 1. The van der Waals surface area contributed by atoms with Gasteiger partial charge in [-0.15, -0.1) is 11.3 Å². The average Bonchev–Trinajstić information content (AvgIpc) is 3.45. The van der Waals surface area contributed by atoms with Crippen LogP contribution in [-0.4, -0.2) is 77.7 Å². The number of rotatable bonds is 7. The molecule has 0 radical (unpaired) electrons. The van der Waals surface area contributed by atoms with Gasteiger partial charge in [0.25, 0.3) is 6.01 Å². The molecule has 1 N–H and O–H groups in total. The van der Waals surface area contributed by atoms with Gasteiger partial charge in [0, 0.05) is 37.3 Å². The van der Waals surface area contributed by atoms with E-state index in [0.717, 1.165) is 6.42 Å². The Hall–Kier alpha value is -2.90. The Balaban J connectivity index is 1.56. The van der Waals surface area contributed by atoms with E-state index < -0.39 is 18.4 Å². The van der Waals surface area contributed by atoms with Crippen LogP contribution in [0.3, 0.4) is 0 Å². The SMILES string of the molecule is COCCOC(c1ccc(-c2nccs2)c2oc(N3CC4CC(C3)N4C(=O)O)nc12)C(F)(F)F. The monoisotopic (exact) mass is 498 g/mol. The quantitative estimate of drug-likeness (QED) is 0.485. The van der Waals surface area contributed by atoms with Gasteiger partial charge in [-0.05, 0) is 12.5 Å². The second-order valence-electron chi connectivity index (χ2n) is 8.14. The van der Waals surface area contributed by atoms with Crippen LogP contribution in [0.2, 0.25) is 0 Å². The van der Waals surface area contributed by atoms with Gasteiger partial charge in [0.2, 0.25) is 0 Å². The second-order valence-corrected chi connectivity index (χ2v) is 9.03. The van der Waals surface area contributed by atoms with Crippen molar-refractivity contribution in [1.82, 2.24) is 14.9 Å². The zero-order chi connectivity index (χ0) is 24.0. The Kier molecular flexibility index (Phi) is 5.86. The number of nitrogens with zero attached hydrogens (tertiary/aromatic N) is 4. The third kappa shape index (κ3) is 3.97. The van der Waals surface area contributed by atoms with Gasteiger partial charge in [-0.3, -0.25) is 4.90 Å². The summed E-state index contributed by atoms with van der Waals surface area (Å²) in [6.07, 6.45) is -5.54. The summed E-state index contributed by atoms with van der Waals surface area (Å²) in [6.45, 7) is 0.463. The van der Waals surface area contributed by atoms with Crippen molar-refractivity contribution in [2.75, 3.05) is 38.3 Å². The lowest BCUT2D eigenvalue weighted by atomic mass is 9.88. The Morgan fingerprint density at radius 2 is 2.09 bits per heavy atom. The number of carbonyl (C=O) groups is 1. The molecule has 1 aromatic carbocycles. The van der Waals surface area contributed by atoms with Gasteiger partial charge in [-0.2, -0.15) is 18.2 Å². The molecular weight excluding hydrogens is 477 g/mol. The first kappa shape index (κ1) is 22.9. The van der Waals surface area contributed by atoms with E-state index in [9.17, 15) is 23.1 Å². The van der Waals surface area contributed by atoms with Crippen molar-refractivity contribution in [3.8, 4) is 10.6 Å². The van der Waals surface area contributed by atoms with Crippen LogP contribution in [0.5, 0.6) is 0 Å². The molecule has 3 fully saturated rings. The highest BCUT2D eigenvalue weighted by atomic mass is 32.1. The highest BCUT2D eigenvalue weighted by Crippen LogP contribution is 2.43. The van der Waals surface area contributed by atoms with E-state index in [0.29, 0.717) is 23.7 Å². The number of piperazine rings is 1. The maximum atomic E-state index is 14.0. The minimum absolute atomic E-state index is 0.00756. The summed E-state index contributed by atoms with van der Waals surface area (Å²) in [5.41, 5.74) is 0.584. The summed E-state index contributed by atoms with van der Waals surface area (Å²) in [4.78, 5) is 23.3. The van der Waals surface area contributed by atoms with Crippen molar-refractivity contribution in [1.29, 1.82) is 0 Å². The smallest absolute Gasteiger partial charge is 0.418 e. The van der Waals surface area contributed by atoms with Gasteiger partial charge in [0.15, 0.2) is 11.7 Å². The number of benzene rings is 1. The molecule has 9 nitrogen and oxygen atoms in total. The number of oxazole rings is 1. The van der Waals surface area contributed by atoms with Crippen LogP contribution in [0.1, 0.15) is 18.1 Å². The van der Waals surface area contributed by atoms with Crippen molar-refractivity contribution >= 4 is 34.5 Å². The third-order valence-electron chi connectivity index (χ3n) is 6.06. The first-order valence-corrected chi connectivity index (χ1v) is 11.4. The Morgan fingerprint density at radius 3 is 2.71 bits per heavy atom. The maximum absolute atomic E-state index is 14.0. The summed E-state index contributed by atoms with van der Waals surface area (Å²) in [5, 5.41) is 11.7. The van der Waals surface area contributed by atoms with E-state index >= 15 is 0 Å². The molecule has 3 unspecified atom stereocenters. The fraction of sp³-hybridized carbons (Fsp3) is 0.476. The molecule has 3 aliphatic heterocycles. The summed E-state index contributed by atoms with van der Waals surface area (Å²) >= 11 is 1.33. The lowest BCUT2D eigenvalue weighted by Gasteiger charge is -2.54. The molecule has 34 heavy (non-hydrogen) atoms. The largest absolute Gasteiger partial charge is 0.465 e. The van der Waals surface area contributed by atoms with E-state index in [1.165, 1.54) is 35.5 Å². The van der Waals surface area contributed by atoms with Crippen molar-refractivity contribution in [2.24, 2.45) is 0 Å². The van der Waals surface area contributed by atoms with Crippen LogP contribution < -0.4 is 4.90 Å². The summed E-state index contributed by atoms with van der Waals surface area (Å²) < 4.78 is 57.9. The van der Waals surface area contributed by atoms with Crippen molar-refractivity contribution in [3.05, 3.63) is 29.3 Å². The number of ether oxygens (including phenoxy) is 2. The maximum Gasteiger partial charge on any atom is 0.418 e. The van der Waals surface area contributed by atoms with Crippen LogP contribution in [0.4, 0.5) is 24.0 Å². The second kappa shape index (κ2) is 8.71. The van der Waals surface area contributed by atoms with E-state index in [-0.39, 0.29) is 48.0 Å². The Bertz CT molecular complexity index is 1170. The molecule has 5 heterocycles. The summed E-state index contributed by atoms with van der Waals surface area (Å²) in [6, 6.07) is 2.62. The minimum Gasteiger partial charge on any atom is -0.465 e. The predicted molar refractivity (Wildman–Crippen MR) is 116 cm³/mol. The fourth-order valence-corrected chi connectivity index (χ4v) is 5.23. The topological polar surface area (TPSA) is 101 Å². The van der Waals surface area contributed by atoms with Crippen LogP contribution >= 0.6 is 11.3 Å². The molecule has 182 valence electrons. The van der Waals surface area contributed by atoms with Gasteiger partial charge < -0.3 is 23.9 Å². The molecule has 1 amide bonds. The number of anilines is 1. The number of carboxylic acid groups (broad SMARTS) is 1. The zero-order valence-electron chi connectivity index (χ0n) is 18.0. The molecule has 0 saturated carbocycles. The minimum atomic E-state index is -4.68. The first-order chi connectivity index (χ1) is 16.3. The lowest BCUT2D eigenvalue weighted by Crippen LogP contribution is -2.70. The van der Waals surface area contributed by atoms with Gasteiger partial charge >= 0.3 is 12.3 Å². The molecule has 0 aliphatic carbocycles. The number of thiazole rings is 1. The van der Waals surface area contributed by atoms with Crippen LogP contribution in [0.25, 0.3) is 21.7 Å². The predicted octanol–water partition coefficient (Wildman–Crippen LogP) is 4.16. The number of piperidine rings is 1. The average molecular weight is 498 g/mol. The van der Waals surface area contributed by atoms with Crippen LogP contribution in [0, 0.1) is 0 Å². The van der Waals surface area contributed by atoms with Crippen molar-refractivity contribution in [3.63, 3.8) is 0 Å². The normalized spacial score (nSPS) is 21.1. The third-order valence-corrected chi connectivity index (χ3v) is 6.87. The number of halogens is 3. The van der Waals surface area contributed by atoms with E-state index in [1.54, 1.807) is 16.5 Å². The molecule has 2 aromatic heterocycles. The number of hydrogen-bond acceptors (Lipinski definition) is 8. The molecular formula is C21H21F3N4O5S. The lowest BCUT2D eigenvalue weighted by molar-refractivity contribution is -0.225. The van der Waals surface area contributed by atoms with Crippen molar-refractivity contribution in [2.45, 2.75) is 30.8 Å². The first-order valence-electron chi connectivity index (χ1n) is 10.5.